The number of ether oxygens (including phenoxy) is 1. The van der Waals surface area contributed by atoms with E-state index in [1.807, 2.05) is 63.2 Å². The van der Waals surface area contributed by atoms with Crippen LogP contribution in [0.4, 0.5) is 5.69 Å². The molecule has 0 aliphatic carbocycles. The summed E-state index contributed by atoms with van der Waals surface area (Å²) >= 11 is 5.19. The van der Waals surface area contributed by atoms with Gasteiger partial charge in [-0.25, -0.2) is 4.98 Å². The zero-order valence-corrected chi connectivity index (χ0v) is 16.4. The molecule has 2 N–H and O–H groups in total. The average molecular weight is 383 g/mol. The van der Waals surface area contributed by atoms with Gasteiger partial charge in [-0.3, -0.25) is 4.79 Å². The van der Waals surface area contributed by atoms with Gasteiger partial charge in [0.15, 0.2) is 10.7 Å². The van der Waals surface area contributed by atoms with Gasteiger partial charge in [0.1, 0.15) is 11.3 Å². The minimum atomic E-state index is -0.509. The molecule has 0 atom stereocenters. The normalized spacial score (nSPS) is 11.3. The van der Waals surface area contributed by atoms with Crippen molar-refractivity contribution < 1.29 is 13.9 Å². The van der Waals surface area contributed by atoms with Crippen LogP contribution in [0.1, 0.15) is 20.8 Å². The first kappa shape index (κ1) is 18.8. The van der Waals surface area contributed by atoms with Gasteiger partial charge in [0.2, 0.25) is 11.8 Å². The minimum Gasteiger partial charge on any atom is -0.497 e. The number of rotatable bonds is 3. The van der Waals surface area contributed by atoms with Crippen LogP contribution in [0.25, 0.3) is 22.6 Å². The average Bonchev–Trinajstić information content (AvgIpc) is 3.04. The van der Waals surface area contributed by atoms with Crippen LogP contribution in [0.2, 0.25) is 0 Å². The van der Waals surface area contributed by atoms with E-state index in [1.54, 1.807) is 7.11 Å². The number of anilines is 1. The first-order valence-electron chi connectivity index (χ1n) is 8.44. The van der Waals surface area contributed by atoms with Crippen molar-refractivity contribution in [3.05, 3.63) is 42.5 Å². The van der Waals surface area contributed by atoms with Crippen molar-refractivity contribution in [3.8, 4) is 17.2 Å². The van der Waals surface area contributed by atoms with Gasteiger partial charge in [-0.1, -0.05) is 20.8 Å². The third-order valence-electron chi connectivity index (χ3n) is 3.89. The molecular weight excluding hydrogens is 362 g/mol. The zero-order valence-electron chi connectivity index (χ0n) is 15.6. The van der Waals surface area contributed by atoms with Gasteiger partial charge < -0.3 is 19.8 Å². The fraction of sp³-hybridized carbons (Fsp3) is 0.250. The Morgan fingerprint density at radius 2 is 1.85 bits per heavy atom. The molecule has 27 heavy (non-hydrogen) atoms. The predicted molar refractivity (Wildman–Crippen MR) is 110 cm³/mol. The van der Waals surface area contributed by atoms with E-state index in [0.717, 1.165) is 22.5 Å². The van der Waals surface area contributed by atoms with Crippen LogP contribution in [0.5, 0.6) is 5.75 Å². The van der Waals surface area contributed by atoms with Crippen molar-refractivity contribution in [3.63, 3.8) is 0 Å². The molecular formula is C20H21N3O3S. The number of aromatic nitrogens is 1. The number of oxazole rings is 1. The number of carbonyl (C=O) groups is 1. The Balaban J connectivity index is 1.72. The van der Waals surface area contributed by atoms with Crippen molar-refractivity contribution in [2.45, 2.75) is 20.8 Å². The molecule has 0 spiro atoms. The van der Waals surface area contributed by atoms with Crippen LogP contribution in [0.15, 0.2) is 46.9 Å². The molecule has 1 heterocycles. The Kier molecular flexibility index (Phi) is 5.14. The number of hydrogen-bond donors (Lipinski definition) is 2. The van der Waals surface area contributed by atoms with E-state index in [-0.39, 0.29) is 11.0 Å². The molecule has 0 fully saturated rings. The standard InChI is InChI=1S/C20H21N3O3S/c1-20(2,3)18(24)23-19(27)21-13-7-5-12(6-8-13)17-22-15-11-14(25-4)9-10-16(15)26-17/h5-11H,1-4H3,(H2,21,23,24,27). The van der Waals surface area contributed by atoms with E-state index in [2.05, 4.69) is 15.6 Å². The van der Waals surface area contributed by atoms with E-state index >= 15 is 0 Å². The second-order valence-corrected chi connectivity index (χ2v) is 7.50. The summed E-state index contributed by atoms with van der Waals surface area (Å²) in [5.41, 5.74) is 2.51. The zero-order chi connectivity index (χ0) is 19.6. The Bertz CT molecular complexity index is 988. The van der Waals surface area contributed by atoms with Gasteiger partial charge in [-0.15, -0.1) is 0 Å². The molecule has 0 saturated carbocycles. The third kappa shape index (κ3) is 4.43. The lowest BCUT2D eigenvalue weighted by atomic mass is 9.96. The molecule has 7 heteroatoms. The lowest BCUT2D eigenvalue weighted by Crippen LogP contribution is -2.41. The van der Waals surface area contributed by atoms with Crippen LogP contribution in [-0.4, -0.2) is 23.1 Å². The highest BCUT2D eigenvalue weighted by Crippen LogP contribution is 2.27. The maximum absolute atomic E-state index is 12.0. The fourth-order valence-corrected chi connectivity index (χ4v) is 2.52. The lowest BCUT2D eigenvalue weighted by molar-refractivity contribution is -0.126. The SMILES string of the molecule is COc1ccc2oc(-c3ccc(NC(=S)NC(=O)C(C)(C)C)cc3)nc2c1. The molecule has 0 aliphatic heterocycles. The summed E-state index contributed by atoms with van der Waals surface area (Å²) in [6.07, 6.45) is 0. The Morgan fingerprint density at radius 3 is 2.48 bits per heavy atom. The topological polar surface area (TPSA) is 76.4 Å². The summed E-state index contributed by atoms with van der Waals surface area (Å²) in [7, 11) is 1.61. The maximum atomic E-state index is 12.0. The number of nitrogens with zero attached hydrogens (tertiary/aromatic N) is 1. The Morgan fingerprint density at radius 1 is 1.15 bits per heavy atom. The molecule has 0 unspecified atom stereocenters. The van der Waals surface area contributed by atoms with E-state index < -0.39 is 5.41 Å². The monoisotopic (exact) mass is 383 g/mol. The van der Waals surface area contributed by atoms with Crippen molar-refractivity contribution in [1.29, 1.82) is 0 Å². The number of nitrogens with one attached hydrogen (secondary N) is 2. The van der Waals surface area contributed by atoms with Gasteiger partial charge in [0, 0.05) is 22.7 Å². The Labute approximate surface area is 162 Å². The van der Waals surface area contributed by atoms with E-state index in [1.165, 1.54) is 0 Å². The summed E-state index contributed by atoms with van der Waals surface area (Å²) in [6, 6.07) is 12.9. The number of fused-ring (bicyclic) bond motifs is 1. The predicted octanol–water partition coefficient (Wildman–Crippen LogP) is 4.36. The molecule has 0 radical (unpaired) electrons. The summed E-state index contributed by atoms with van der Waals surface area (Å²) in [5, 5.41) is 5.94. The van der Waals surface area contributed by atoms with Gasteiger partial charge in [0.25, 0.3) is 0 Å². The maximum Gasteiger partial charge on any atom is 0.231 e. The molecule has 1 aromatic heterocycles. The van der Waals surface area contributed by atoms with E-state index in [9.17, 15) is 4.79 Å². The summed E-state index contributed by atoms with van der Waals surface area (Å²) in [6.45, 7) is 5.49. The van der Waals surface area contributed by atoms with Crippen LogP contribution < -0.4 is 15.4 Å². The molecule has 0 aliphatic rings. The second kappa shape index (κ2) is 7.36. The molecule has 0 bridgehead atoms. The highest BCUT2D eigenvalue weighted by molar-refractivity contribution is 7.80. The Hall–Kier alpha value is -2.93. The number of benzene rings is 2. The van der Waals surface area contributed by atoms with E-state index in [4.69, 9.17) is 21.4 Å². The van der Waals surface area contributed by atoms with Gasteiger partial charge in [-0.2, -0.15) is 0 Å². The van der Waals surface area contributed by atoms with Gasteiger partial charge in [0.05, 0.1) is 7.11 Å². The van der Waals surface area contributed by atoms with Gasteiger partial charge >= 0.3 is 0 Å². The number of hydrogen-bond acceptors (Lipinski definition) is 5. The number of methoxy groups -OCH3 is 1. The fourth-order valence-electron chi connectivity index (χ4n) is 2.31. The van der Waals surface area contributed by atoms with Crippen molar-refractivity contribution >= 4 is 40.0 Å². The first-order chi connectivity index (χ1) is 12.8. The lowest BCUT2D eigenvalue weighted by Gasteiger charge is -2.18. The largest absolute Gasteiger partial charge is 0.497 e. The quantitative estimate of drug-likeness (QED) is 0.655. The molecule has 3 rings (SSSR count). The highest BCUT2D eigenvalue weighted by atomic mass is 32.1. The van der Waals surface area contributed by atoms with Crippen molar-refractivity contribution in [2.24, 2.45) is 5.41 Å². The molecule has 0 saturated heterocycles. The smallest absolute Gasteiger partial charge is 0.231 e. The van der Waals surface area contributed by atoms with Crippen molar-refractivity contribution in [1.82, 2.24) is 10.3 Å². The first-order valence-corrected chi connectivity index (χ1v) is 8.84. The van der Waals surface area contributed by atoms with E-state index in [0.29, 0.717) is 11.5 Å². The molecule has 3 aromatic rings. The molecule has 140 valence electrons. The van der Waals surface area contributed by atoms with Gasteiger partial charge in [-0.05, 0) is 48.6 Å². The van der Waals surface area contributed by atoms with Crippen LogP contribution in [0.3, 0.4) is 0 Å². The molecule has 1 amide bonds. The van der Waals surface area contributed by atoms with Crippen LogP contribution in [-0.2, 0) is 4.79 Å². The summed E-state index contributed by atoms with van der Waals surface area (Å²) in [5.74, 6) is 1.11. The third-order valence-corrected chi connectivity index (χ3v) is 4.10. The number of thiocarbonyl (C=S) groups is 1. The van der Waals surface area contributed by atoms with Crippen molar-refractivity contribution in [2.75, 3.05) is 12.4 Å². The highest BCUT2D eigenvalue weighted by Gasteiger charge is 2.22. The number of carbonyl (C=O) groups excluding carboxylic acids is 1. The van der Waals surface area contributed by atoms with Crippen LogP contribution >= 0.6 is 12.2 Å². The molecule has 6 nitrogen and oxygen atoms in total. The summed E-state index contributed by atoms with van der Waals surface area (Å²) < 4.78 is 11.0. The minimum absolute atomic E-state index is 0.140. The second-order valence-electron chi connectivity index (χ2n) is 7.09. The van der Waals surface area contributed by atoms with Crippen LogP contribution in [0, 0.1) is 5.41 Å². The summed E-state index contributed by atoms with van der Waals surface area (Å²) in [4.78, 5) is 16.5. The molecule has 2 aromatic carbocycles. The number of amides is 1.